The van der Waals surface area contributed by atoms with E-state index in [1.807, 2.05) is 0 Å². The van der Waals surface area contributed by atoms with Crippen molar-refractivity contribution in [3.63, 3.8) is 0 Å². The molecule has 8 heteroatoms. The number of alkyl halides is 1. The molecule has 21 heavy (non-hydrogen) atoms. The summed E-state index contributed by atoms with van der Waals surface area (Å²) in [5.74, 6) is -0.454. The lowest BCUT2D eigenvalue weighted by atomic mass is 10.2. The van der Waals surface area contributed by atoms with Crippen LogP contribution in [0.15, 0.2) is 29.2 Å². The van der Waals surface area contributed by atoms with E-state index in [0.717, 1.165) is 4.31 Å². The summed E-state index contributed by atoms with van der Waals surface area (Å²) < 4.78 is 44.7. The largest absolute Gasteiger partial charge is 0.494 e. The average molecular weight is 316 g/mol. The number of sulfonamides is 1. The first kappa shape index (κ1) is 15.7. The van der Waals surface area contributed by atoms with Crippen molar-refractivity contribution >= 4 is 15.9 Å². The van der Waals surface area contributed by atoms with Crippen LogP contribution < -0.4 is 10.5 Å². The van der Waals surface area contributed by atoms with Crippen LogP contribution in [0.4, 0.5) is 4.39 Å². The third kappa shape index (κ3) is 3.16. The van der Waals surface area contributed by atoms with Gasteiger partial charge in [0.15, 0.2) is 0 Å². The third-order valence-electron chi connectivity index (χ3n) is 3.26. The maximum atomic E-state index is 13.5. The number of hydrogen-bond acceptors (Lipinski definition) is 4. The number of nitrogens with zero attached hydrogens (tertiary/aromatic N) is 1. The number of carbonyl (C=O) groups excluding carboxylic acids is 1. The van der Waals surface area contributed by atoms with Gasteiger partial charge in [-0.25, -0.2) is 12.8 Å². The highest BCUT2D eigenvalue weighted by Crippen LogP contribution is 2.29. The molecule has 1 fully saturated rings. The summed E-state index contributed by atoms with van der Waals surface area (Å²) in [6, 6.07) is 4.72. The summed E-state index contributed by atoms with van der Waals surface area (Å²) in [4.78, 5) is 11.3. The number of hydrogen-bond donors (Lipinski definition) is 1. The van der Waals surface area contributed by atoms with Gasteiger partial charge in [0.1, 0.15) is 18.0 Å². The quantitative estimate of drug-likeness (QED) is 0.864. The Kier molecular flexibility index (Phi) is 4.48. The predicted molar refractivity (Wildman–Crippen MR) is 74.0 cm³/mol. The number of amides is 1. The maximum absolute atomic E-state index is 13.5. The number of benzene rings is 1. The summed E-state index contributed by atoms with van der Waals surface area (Å²) in [7, 11) is -3.99. The van der Waals surface area contributed by atoms with Gasteiger partial charge in [0.25, 0.3) is 0 Å². The zero-order valence-electron chi connectivity index (χ0n) is 11.5. The van der Waals surface area contributed by atoms with E-state index in [-0.39, 0.29) is 17.9 Å². The normalized spacial score (nSPS) is 23.1. The van der Waals surface area contributed by atoms with Gasteiger partial charge in [-0.1, -0.05) is 6.07 Å². The van der Waals surface area contributed by atoms with E-state index in [1.54, 1.807) is 13.0 Å². The Balaban J connectivity index is 2.37. The summed E-state index contributed by atoms with van der Waals surface area (Å²) in [5, 5.41) is 0. The lowest BCUT2D eigenvalue weighted by Crippen LogP contribution is -2.43. The Morgan fingerprint density at radius 1 is 1.52 bits per heavy atom. The summed E-state index contributed by atoms with van der Waals surface area (Å²) in [6.07, 6.45) is -1.60. The Labute approximate surface area is 122 Å². The molecule has 2 atom stereocenters. The van der Waals surface area contributed by atoms with Crippen molar-refractivity contribution in [3.05, 3.63) is 24.3 Å². The predicted octanol–water partition coefficient (Wildman–Crippen LogP) is 0.672. The monoisotopic (exact) mass is 316 g/mol. The molecular weight excluding hydrogens is 299 g/mol. The van der Waals surface area contributed by atoms with Crippen LogP contribution in [0.5, 0.6) is 5.75 Å². The minimum Gasteiger partial charge on any atom is -0.494 e. The van der Waals surface area contributed by atoms with Gasteiger partial charge >= 0.3 is 0 Å². The lowest BCUT2D eigenvalue weighted by molar-refractivity contribution is -0.121. The number of carbonyl (C=O) groups is 1. The molecule has 2 rings (SSSR count). The van der Waals surface area contributed by atoms with Crippen LogP contribution in [0.25, 0.3) is 0 Å². The van der Waals surface area contributed by atoms with E-state index in [0.29, 0.717) is 12.4 Å². The fourth-order valence-corrected chi connectivity index (χ4v) is 3.98. The minimum atomic E-state index is -3.99. The van der Waals surface area contributed by atoms with Crippen LogP contribution in [-0.4, -0.2) is 44.0 Å². The molecule has 116 valence electrons. The highest BCUT2D eigenvalue weighted by Gasteiger charge is 2.43. The topological polar surface area (TPSA) is 89.7 Å². The van der Waals surface area contributed by atoms with Crippen molar-refractivity contribution < 1.29 is 22.3 Å². The first-order chi connectivity index (χ1) is 9.86. The third-order valence-corrected chi connectivity index (χ3v) is 5.13. The van der Waals surface area contributed by atoms with E-state index in [4.69, 9.17) is 10.5 Å². The fourth-order valence-electron chi connectivity index (χ4n) is 2.31. The van der Waals surface area contributed by atoms with Crippen LogP contribution in [0.3, 0.4) is 0 Å². The molecule has 2 N–H and O–H groups in total. The minimum absolute atomic E-state index is 0.0474. The molecule has 0 unspecified atom stereocenters. The summed E-state index contributed by atoms with van der Waals surface area (Å²) in [6.45, 7) is 1.80. The molecule has 6 nitrogen and oxygen atoms in total. The Morgan fingerprint density at radius 3 is 2.86 bits per heavy atom. The van der Waals surface area contributed by atoms with Crippen LogP contribution in [-0.2, 0) is 14.8 Å². The van der Waals surface area contributed by atoms with Gasteiger partial charge in [-0.15, -0.1) is 0 Å². The fraction of sp³-hybridized carbons (Fsp3) is 0.462. The lowest BCUT2D eigenvalue weighted by Gasteiger charge is -2.21. The van der Waals surface area contributed by atoms with Crippen molar-refractivity contribution in [2.45, 2.75) is 30.5 Å². The standard InChI is InChI=1S/C13H17FN2O4S/c1-2-20-10-4-3-5-11(7-10)21(18,19)16-8-9(14)6-12(16)13(15)17/h3-5,7,9,12H,2,6,8H2,1H3,(H2,15,17)/t9-,12+/m1/s1. The highest BCUT2D eigenvalue weighted by molar-refractivity contribution is 7.89. The molecule has 0 radical (unpaired) electrons. The van der Waals surface area contributed by atoms with Crippen molar-refractivity contribution in [2.24, 2.45) is 5.73 Å². The van der Waals surface area contributed by atoms with E-state index < -0.39 is 28.1 Å². The molecular formula is C13H17FN2O4S. The Hall–Kier alpha value is -1.67. The zero-order valence-corrected chi connectivity index (χ0v) is 12.3. The van der Waals surface area contributed by atoms with Crippen LogP contribution >= 0.6 is 0 Å². The van der Waals surface area contributed by atoms with Gasteiger partial charge in [-0.3, -0.25) is 4.79 Å². The van der Waals surface area contributed by atoms with E-state index in [9.17, 15) is 17.6 Å². The summed E-state index contributed by atoms with van der Waals surface area (Å²) in [5.41, 5.74) is 5.17. The molecule has 0 aliphatic carbocycles. The Bertz CT molecular complexity index is 635. The molecule has 1 aromatic carbocycles. The molecule has 1 saturated heterocycles. The molecule has 0 bridgehead atoms. The zero-order chi connectivity index (χ0) is 15.6. The van der Waals surface area contributed by atoms with Crippen molar-refractivity contribution in [3.8, 4) is 5.75 Å². The smallest absolute Gasteiger partial charge is 0.244 e. The summed E-state index contributed by atoms with van der Waals surface area (Å²) >= 11 is 0. The second-order valence-electron chi connectivity index (χ2n) is 4.73. The Morgan fingerprint density at radius 2 is 2.24 bits per heavy atom. The van der Waals surface area contributed by atoms with Gasteiger partial charge in [0.05, 0.1) is 11.5 Å². The van der Waals surface area contributed by atoms with Crippen molar-refractivity contribution in [1.29, 1.82) is 0 Å². The van der Waals surface area contributed by atoms with Gasteiger partial charge < -0.3 is 10.5 Å². The van der Waals surface area contributed by atoms with Gasteiger partial charge in [0.2, 0.25) is 15.9 Å². The van der Waals surface area contributed by atoms with E-state index >= 15 is 0 Å². The molecule has 1 aliphatic heterocycles. The molecule has 0 aromatic heterocycles. The average Bonchev–Trinajstić information content (AvgIpc) is 2.82. The SMILES string of the molecule is CCOc1cccc(S(=O)(=O)N2C[C@H](F)C[C@H]2C(N)=O)c1. The first-order valence-corrected chi connectivity index (χ1v) is 7.98. The van der Waals surface area contributed by atoms with E-state index in [1.165, 1.54) is 18.2 Å². The number of ether oxygens (including phenoxy) is 1. The number of rotatable bonds is 5. The number of primary amides is 1. The van der Waals surface area contributed by atoms with Crippen LogP contribution in [0.1, 0.15) is 13.3 Å². The maximum Gasteiger partial charge on any atom is 0.244 e. The molecule has 0 saturated carbocycles. The molecule has 1 aromatic rings. The second-order valence-corrected chi connectivity index (χ2v) is 6.62. The van der Waals surface area contributed by atoms with Gasteiger partial charge in [-0.05, 0) is 19.1 Å². The van der Waals surface area contributed by atoms with E-state index in [2.05, 4.69) is 0 Å². The first-order valence-electron chi connectivity index (χ1n) is 6.54. The molecule has 0 spiro atoms. The molecule has 1 heterocycles. The number of nitrogens with two attached hydrogens (primary N) is 1. The van der Waals surface area contributed by atoms with Crippen molar-refractivity contribution in [1.82, 2.24) is 4.31 Å². The van der Waals surface area contributed by atoms with Crippen LogP contribution in [0, 0.1) is 0 Å². The molecule has 1 amide bonds. The van der Waals surface area contributed by atoms with Gasteiger partial charge in [-0.2, -0.15) is 4.31 Å². The second kappa shape index (κ2) is 5.98. The highest BCUT2D eigenvalue weighted by atomic mass is 32.2. The number of halogens is 1. The van der Waals surface area contributed by atoms with Crippen molar-refractivity contribution in [2.75, 3.05) is 13.2 Å². The molecule has 1 aliphatic rings. The van der Waals surface area contributed by atoms with Crippen LogP contribution in [0.2, 0.25) is 0 Å². The van der Waals surface area contributed by atoms with Gasteiger partial charge in [0, 0.05) is 19.0 Å².